The fourth-order valence-corrected chi connectivity index (χ4v) is 2.04. The van der Waals surface area contributed by atoms with E-state index in [1.807, 2.05) is 4.57 Å². The van der Waals surface area contributed by atoms with Crippen LogP contribution in [-0.4, -0.2) is 33.8 Å². The molecule has 1 rings (SSSR count). The molecule has 114 valence electrons. The topological polar surface area (TPSA) is 67.1 Å². The van der Waals surface area contributed by atoms with Crippen LogP contribution in [-0.2, 0) is 13.1 Å². The highest BCUT2D eigenvalue weighted by atomic mass is 15.3. The zero-order valence-corrected chi connectivity index (χ0v) is 13.2. The number of guanidine groups is 1. The van der Waals surface area contributed by atoms with Gasteiger partial charge >= 0.3 is 0 Å². The zero-order valence-electron chi connectivity index (χ0n) is 13.2. The SMILES string of the molecule is CCCCCC(C)NC(=NC)NCc1nncn1CC. The summed E-state index contributed by atoms with van der Waals surface area (Å²) < 4.78 is 2.02. The van der Waals surface area contributed by atoms with Crippen molar-refractivity contribution in [2.75, 3.05) is 7.05 Å². The molecular formula is C14H28N6. The summed E-state index contributed by atoms with van der Waals surface area (Å²) in [5.74, 6) is 1.74. The van der Waals surface area contributed by atoms with Gasteiger partial charge in [-0.1, -0.05) is 26.2 Å². The van der Waals surface area contributed by atoms with Crippen LogP contribution in [0.25, 0.3) is 0 Å². The van der Waals surface area contributed by atoms with Crippen LogP contribution in [0, 0.1) is 0 Å². The number of nitrogens with zero attached hydrogens (tertiary/aromatic N) is 4. The fraction of sp³-hybridized carbons (Fsp3) is 0.786. The monoisotopic (exact) mass is 280 g/mol. The molecule has 0 aliphatic heterocycles. The zero-order chi connectivity index (χ0) is 14.8. The minimum atomic E-state index is 0.428. The molecule has 0 fully saturated rings. The van der Waals surface area contributed by atoms with Crippen LogP contribution in [0.15, 0.2) is 11.3 Å². The van der Waals surface area contributed by atoms with Crippen molar-refractivity contribution in [1.29, 1.82) is 0 Å². The molecule has 0 saturated carbocycles. The quantitative estimate of drug-likeness (QED) is 0.434. The van der Waals surface area contributed by atoms with Crippen molar-refractivity contribution >= 4 is 5.96 Å². The molecule has 0 spiro atoms. The van der Waals surface area contributed by atoms with Crippen LogP contribution >= 0.6 is 0 Å². The Balaban J connectivity index is 2.36. The number of unbranched alkanes of at least 4 members (excludes halogenated alkanes) is 2. The lowest BCUT2D eigenvalue weighted by atomic mass is 10.1. The van der Waals surface area contributed by atoms with E-state index in [-0.39, 0.29) is 0 Å². The van der Waals surface area contributed by atoms with Crippen molar-refractivity contribution in [3.05, 3.63) is 12.2 Å². The highest BCUT2D eigenvalue weighted by Crippen LogP contribution is 2.02. The van der Waals surface area contributed by atoms with Gasteiger partial charge in [-0.2, -0.15) is 0 Å². The summed E-state index contributed by atoms with van der Waals surface area (Å²) in [6.45, 7) is 8.01. The van der Waals surface area contributed by atoms with Gasteiger partial charge in [0.15, 0.2) is 11.8 Å². The summed E-state index contributed by atoms with van der Waals surface area (Å²) in [4.78, 5) is 4.25. The Labute approximate surface area is 122 Å². The third-order valence-electron chi connectivity index (χ3n) is 3.30. The summed E-state index contributed by atoms with van der Waals surface area (Å²) in [6, 6.07) is 0.428. The molecule has 6 heteroatoms. The molecule has 20 heavy (non-hydrogen) atoms. The maximum atomic E-state index is 4.25. The van der Waals surface area contributed by atoms with Gasteiger partial charge in [-0.15, -0.1) is 10.2 Å². The van der Waals surface area contributed by atoms with Crippen molar-refractivity contribution in [2.24, 2.45) is 4.99 Å². The third kappa shape index (κ3) is 5.59. The molecule has 0 amide bonds. The van der Waals surface area contributed by atoms with E-state index in [0.29, 0.717) is 12.6 Å². The van der Waals surface area contributed by atoms with Crippen molar-refractivity contribution in [3.8, 4) is 0 Å². The number of aryl methyl sites for hydroxylation is 1. The van der Waals surface area contributed by atoms with Gasteiger partial charge in [-0.05, 0) is 20.3 Å². The summed E-state index contributed by atoms with van der Waals surface area (Å²) in [5, 5.41) is 14.7. The maximum absolute atomic E-state index is 4.25. The molecule has 2 N–H and O–H groups in total. The third-order valence-corrected chi connectivity index (χ3v) is 3.30. The van der Waals surface area contributed by atoms with Crippen molar-refractivity contribution in [3.63, 3.8) is 0 Å². The summed E-state index contributed by atoms with van der Waals surface area (Å²) in [6.07, 6.45) is 6.72. The number of hydrogen-bond acceptors (Lipinski definition) is 3. The molecule has 1 heterocycles. The molecule has 1 atom stereocenters. The van der Waals surface area contributed by atoms with Crippen molar-refractivity contribution in [1.82, 2.24) is 25.4 Å². The predicted molar refractivity (Wildman–Crippen MR) is 82.6 cm³/mol. The first-order valence-electron chi connectivity index (χ1n) is 7.55. The molecule has 0 saturated heterocycles. The van der Waals surface area contributed by atoms with E-state index in [1.54, 1.807) is 13.4 Å². The maximum Gasteiger partial charge on any atom is 0.191 e. The van der Waals surface area contributed by atoms with Crippen LogP contribution in [0.2, 0.25) is 0 Å². The molecule has 0 aromatic carbocycles. The first-order chi connectivity index (χ1) is 9.71. The molecule has 0 bridgehead atoms. The molecule has 1 unspecified atom stereocenters. The molecular weight excluding hydrogens is 252 g/mol. The summed E-state index contributed by atoms with van der Waals surface area (Å²) in [5.41, 5.74) is 0. The Kier molecular flexibility index (Phi) is 7.69. The lowest BCUT2D eigenvalue weighted by Gasteiger charge is -2.17. The molecule has 6 nitrogen and oxygen atoms in total. The van der Waals surface area contributed by atoms with E-state index in [2.05, 4.69) is 46.6 Å². The second-order valence-electron chi connectivity index (χ2n) is 5.00. The Morgan fingerprint density at radius 2 is 2.20 bits per heavy atom. The number of aromatic nitrogens is 3. The van der Waals surface area contributed by atoms with E-state index in [1.165, 1.54) is 25.7 Å². The second-order valence-corrected chi connectivity index (χ2v) is 5.00. The largest absolute Gasteiger partial charge is 0.354 e. The van der Waals surface area contributed by atoms with E-state index in [4.69, 9.17) is 0 Å². The first kappa shape index (κ1) is 16.5. The minimum Gasteiger partial charge on any atom is -0.354 e. The van der Waals surface area contributed by atoms with Gasteiger partial charge < -0.3 is 15.2 Å². The molecule has 0 radical (unpaired) electrons. The number of rotatable bonds is 8. The average Bonchev–Trinajstić information content (AvgIpc) is 2.91. The number of aliphatic imine (C=N–C) groups is 1. The summed E-state index contributed by atoms with van der Waals surface area (Å²) in [7, 11) is 1.79. The predicted octanol–water partition coefficient (Wildman–Crippen LogP) is 1.93. The fourth-order valence-electron chi connectivity index (χ4n) is 2.04. The normalized spacial score (nSPS) is 13.3. The highest BCUT2D eigenvalue weighted by molar-refractivity contribution is 5.79. The Bertz CT molecular complexity index is 398. The van der Waals surface area contributed by atoms with Crippen LogP contribution < -0.4 is 10.6 Å². The van der Waals surface area contributed by atoms with Gasteiger partial charge in [-0.3, -0.25) is 4.99 Å². The van der Waals surface area contributed by atoms with Crippen molar-refractivity contribution in [2.45, 2.75) is 65.6 Å². The standard InChI is InChI=1S/C14H28N6/c1-5-7-8-9-12(3)18-14(15-4)16-10-13-19-17-11-20(13)6-2/h11-12H,5-10H2,1-4H3,(H2,15,16,18). The molecule has 1 aromatic heterocycles. The van der Waals surface area contributed by atoms with Crippen LogP contribution in [0.5, 0.6) is 0 Å². The van der Waals surface area contributed by atoms with Crippen LogP contribution in [0.3, 0.4) is 0 Å². The smallest absolute Gasteiger partial charge is 0.191 e. The lowest BCUT2D eigenvalue weighted by Crippen LogP contribution is -2.42. The Hall–Kier alpha value is -1.59. The van der Waals surface area contributed by atoms with Gasteiger partial charge in [0.25, 0.3) is 0 Å². The van der Waals surface area contributed by atoms with E-state index in [9.17, 15) is 0 Å². The van der Waals surface area contributed by atoms with E-state index in [0.717, 1.165) is 18.3 Å². The van der Waals surface area contributed by atoms with Gasteiger partial charge in [0.2, 0.25) is 0 Å². The van der Waals surface area contributed by atoms with E-state index >= 15 is 0 Å². The van der Waals surface area contributed by atoms with Crippen LogP contribution in [0.1, 0.15) is 52.3 Å². The number of hydrogen-bond donors (Lipinski definition) is 2. The minimum absolute atomic E-state index is 0.428. The Morgan fingerprint density at radius 3 is 2.85 bits per heavy atom. The first-order valence-corrected chi connectivity index (χ1v) is 7.55. The van der Waals surface area contributed by atoms with E-state index < -0.39 is 0 Å². The van der Waals surface area contributed by atoms with Gasteiger partial charge in [0.05, 0.1) is 6.54 Å². The van der Waals surface area contributed by atoms with Gasteiger partial charge in [0, 0.05) is 19.6 Å². The average molecular weight is 280 g/mol. The number of nitrogens with one attached hydrogen (secondary N) is 2. The summed E-state index contributed by atoms with van der Waals surface area (Å²) >= 11 is 0. The second kappa shape index (κ2) is 9.34. The molecule has 0 aliphatic carbocycles. The molecule has 1 aromatic rings. The van der Waals surface area contributed by atoms with Crippen molar-refractivity contribution < 1.29 is 0 Å². The van der Waals surface area contributed by atoms with Gasteiger partial charge in [0.1, 0.15) is 6.33 Å². The Morgan fingerprint density at radius 1 is 1.40 bits per heavy atom. The molecule has 0 aliphatic rings. The lowest BCUT2D eigenvalue weighted by molar-refractivity contribution is 0.545. The van der Waals surface area contributed by atoms with Crippen LogP contribution in [0.4, 0.5) is 0 Å². The highest BCUT2D eigenvalue weighted by Gasteiger charge is 2.07. The van der Waals surface area contributed by atoms with Gasteiger partial charge in [-0.25, -0.2) is 0 Å².